The van der Waals surface area contributed by atoms with E-state index in [9.17, 15) is 8.42 Å². The van der Waals surface area contributed by atoms with Crippen LogP contribution in [-0.2, 0) is 16.6 Å². The third-order valence-electron chi connectivity index (χ3n) is 3.05. The zero-order valence-electron chi connectivity index (χ0n) is 12.0. The maximum Gasteiger partial charge on any atom is 0.242 e. The van der Waals surface area contributed by atoms with Gasteiger partial charge in [0.05, 0.1) is 5.02 Å². The number of rotatable bonds is 6. The second-order valence-electron chi connectivity index (χ2n) is 5.25. The molecule has 0 saturated heterocycles. The SMILES string of the molecule is CCC(C)(C)NS(=O)(=O)c1cc(CNC)c(Cl)cc1Cl. The van der Waals surface area contributed by atoms with Gasteiger partial charge in [-0.1, -0.05) is 30.1 Å². The van der Waals surface area contributed by atoms with E-state index in [-0.39, 0.29) is 9.92 Å². The Morgan fingerprint density at radius 2 is 1.80 bits per heavy atom. The minimum atomic E-state index is -3.69. The average molecular weight is 339 g/mol. The van der Waals surface area contributed by atoms with Crippen molar-refractivity contribution in [3.05, 3.63) is 27.7 Å². The third-order valence-corrected chi connectivity index (χ3v) is 5.57. The van der Waals surface area contributed by atoms with E-state index in [1.54, 1.807) is 7.05 Å². The Kier molecular flexibility index (Phi) is 5.87. The summed E-state index contributed by atoms with van der Waals surface area (Å²) < 4.78 is 27.5. The van der Waals surface area contributed by atoms with E-state index in [0.29, 0.717) is 23.6 Å². The molecule has 0 saturated carbocycles. The predicted molar refractivity (Wildman–Crippen MR) is 83.9 cm³/mol. The van der Waals surface area contributed by atoms with Gasteiger partial charge in [-0.05, 0) is 45.0 Å². The lowest BCUT2D eigenvalue weighted by molar-refractivity contribution is 0.439. The van der Waals surface area contributed by atoms with Crippen molar-refractivity contribution < 1.29 is 8.42 Å². The largest absolute Gasteiger partial charge is 0.316 e. The van der Waals surface area contributed by atoms with Gasteiger partial charge in [0.15, 0.2) is 0 Å². The molecule has 1 aromatic rings. The van der Waals surface area contributed by atoms with Gasteiger partial charge in [-0.2, -0.15) is 0 Å². The topological polar surface area (TPSA) is 58.2 Å². The van der Waals surface area contributed by atoms with Crippen LogP contribution in [0, 0.1) is 0 Å². The molecule has 1 aromatic carbocycles. The van der Waals surface area contributed by atoms with Gasteiger partial charge in [0.25, 0.3) is 0 Å². The molecule has 0 atom stereocenters. The standard InChI is InChI=1S/C13H20Cl2N2O2S/c1-5-13(2,3)17-20(18,19)12-6-9(8-16-4)10(14)7-11(12)15/h6-7,16-17H,5,8H2,1-4H3. The van der Waals surface area contributed by atoms with Crippen LogP contribution >= 0.6 is 23.2 Å². The molecule has 0 unspecified atom stereocenters. The van der Waals surface area contributed by atoms with Crippen molar-refractivity contribution in [2.45, 2.75) is 44.2 Å². The molecule has 20 heavy (non-hydrogen) atoms. The molecule has 2 N–H and O–H groups in total. The minimum Gasteiger partial charge on any atom is -0.316 e. The van der Waals surface area contributed by atoms with Crippen molar-refractivity contribution in [1.82, 2.24) is 10.0 Å². The number of hydrogen-bond donors (Lipinski definition) is 2. The molecule has 0 heterocycles. The first kappa shape index (κ1) is 17.7. The molecular weight excluding hydrogens is 319 g/mol. The quantitative estimate of drug-likeness (QED) is 0.837. The van der Waals surface area contributed by atoms with Gasteiger partial charge >= 0.3 is 0 Å². The number of halogens is 2. The van der Waals surface area contributed by atoms with Crippen LogP contribution in [0.4, 0.5) is 0 Å². The van der Waals surface area contributed by atoms with Crippen molar-refractivity contribution in [2.75, 3.05) is 7.05 Å². The average Bonchev–Trinajstić information content (AvgIpc) is 2.31. The van der Waals surface area contributed by atoms with Crippen LogP contribution < -0.4 is 10.0 Å². The van der Waals surface area contributed by atoms with Gasteiger partial charge in [0, 0.05) is 17.1 Å². The van der Waals surface area contributed by atoms with Crippen molar-refractivity contribution in [3.8, 4) is 0 Å². The first-order chi connectivity index (χ1) is 9.13. The van der Waals surface area contributed by atoms with E-state index in [4.69, 9.17) is 23.2 Å². The van der Waals surface area contributed by atoms with Crippen molar-refractivity contribution in [2.24, 2.45) is 0 Å². The first-order valence-corrected chi connectivity index (χ1v) is 8.53. The van der Waals surface area contributed by atoms with E-state index in [0.717, 1.165) is 0 Å². The first-order valence-electron chi connectivity index (χ1n) is 6.29. The summed E-state index contributed by atoms with van der Waals surface area (Å²) in [5, 5.41) is 3.50. The Morgan fingerprint density at radius 1 is 1.20 bits per heavy atom. The summed E-state index contributed by atoms with van der Waals surface area (Å²) in [5.74, 6) is 0. The molecule has 114 valence electrons. The number of sulfonamides is 1. The summed E-state index contributed by atoms with van der Waals surface area (Å²) in [6, 6.07) is 2.97. The summed E-state index contributed by atoms with van der Waals surface area (Å²) in [6.07, 6.45) is 0.667. The molecule has 0 aromatic heterocycles. The van der Waals surface area contributed by atoms with Crippen molar-refractivity contribution in [1.29, 1.82) is 0 Å². The second-order valence-corrected chi connectivity index (χ2v) is 7.71. The highest BCUT2D eigenvalue weighted by molar-refractivity contribution is 7.89. The van der Waals surface area contributed by atoms with Crippen LogP contribution in [0.25, 0.3) is 0 Å². The van der Waals surface area contributed by atoms with Crippen LogP contribution in [0.3, 0.4) is 0 Å². The van der Waals surface area contributed by atoms with Gasteiger partial charge in [0.2, 0.25) is 10.0 Å². The summed E-state index contributed by atoms with van der Waals surface area (Å²) in [6.45, 7) is 6.03. The fourth-order valence-corrected chi connectivity index (χ4v) is 3.94. The van der Waals surface area contributed by atoms with E-state index in [1.165, 1.54) is 12.1 Å². The molecule has 0 spiro atoms. The number of hydrogen-bond acceptors (Lipinski definition) is 3. The third kappa shape index (κ3) is 4.33. The van der Waals surface area contributed by atoms with Crippen LogP contribution in [0.15, 0.2) is 17.0 Å². The molecule has 4 nitrogen and oxygen atoms in total. The Labute approximate surface area is 130 Å². The molecule has 0 fully saturated rings. The van der Waals surface area contributed by atoms with Gasteiger partial charge in [0.1, 0.15) is 4.90 Å². The molecule has 1 rings (SSSR count). The summed E-state index contributed by atoms with van der Waals surface area (Å²) >= 11 is 12.1. The van der Waals surface area contributed by atoms with E-state index >= 15 is 0 Å². The molecule has 0 aliphatic rings. The molecule has 0 aliphatic carbocycles. The maximum atomic E-state index is 12.4. The zero-order valence-corrected chi connectivity index (χ0v) is 14.4. The van der Waals surface area contributed by atoms with E-state index in [1.807, 2.05) is 20.8 Å². The van der Waals surface area contributed by atoms with Crippen LogP contribution in [0.2, 0.25) is 10.0 Å². The molecule has 7 heteroatoms. The molecule has 0 aliphatic heterocycles. The number of benzene rings is 1. The van der Waals surface area contributed by atoms with Crippen LogP contribution in [0.5, 0.6) is 0 Å². The van der Waals surface area contributed by atoms with Gasteiger partial charge < -0.3 is 5.32 Å². The smallest absolute Gasteiger partial charge is 0.242 e. The van der Waals surface area contributed by atoms with Crippen molar-refractivity contribution >= 4 is 33.2 Å². The summed E-state index contributed by atoms with van der Waals surface area (Å²) in [5.41, 5.74) is 0.151. The minimum absolute atomic E-state index is 0.0512. The molecule has 0 radical (unpaired) electrons. The monoisotopic (exact) mass is 338 g/mol. The Balaban J connectivity index is 3.28. The fourth-order valence-electron chi connectivity index (χ4n) is 1.59. The Bertz CT molecular complexity index is 586. The second kappa shape index (κ2) is 6.62. The fraction of sp³-hybridized carbons (Fsp3) is 0.538. The van der Waals surface area contributed by atoms with E-state index in [2.05, 4.69) is 10.0 Å². The summed E-state index contributed by atoms with van der Waals surface area (Å²) in [7, 11) is -1.93. The summed E-state index contributed by atoms with van der Waals surface area (Å²) in [4.78, 5) is 0.0512. The lowest BCUT2D eigenvalue weighted by atomic mass is 10.0. The predicted octanol–water partition coefficient (Wildman–Crippen LogP) is 3.18. The highest BCUT2D eigenvalue weighted by atomic mass is 35.5. The lowest BCUT2D eigenvalue weighted by Crippen LogP contribution is -2.42. The van der Waals surface area contributed by atoms with Gasteiger partial charge in [-0.3, -0.25) is 0 Å². The van der Waals surface area contributed by atoms with Gasteiger partial charge in [-0.25, -0.2) is 13.1 Å². The van der Waals surface area contributed by atoms with Crippen LogP contribution in [0.1, 0.15) is 32.8 Å². The normalized spacial score (nSPS) is 12.7. The highest BCUT2D eigenvalue weighted by Crippen LogP contribution is 2.29. The Morgan fingerprint density at radius 3 is 2.30 bits per heavy atom. The Hall–Kier alpha value is -0.330. The molecule has 0 amide bonds. The number of nitrogens with one attached hydrogen (secondary N) is 2. The lowest BCUT2D eigenvalue weighted by Gasteiger charge is -2.24. The van der Waals surface area contributed by atoms with E-state index < -0.39 is 15.6 Å². The highest BCUT2D eigenvalue weighted by Gasteiger charge is 2.27. The maximum absolute atomic E-state index is 12.4. The molecular formula is C13H20Cl2N2O2S. The zero-order chi connectivity index (χ0) is 15.6. The molecule has 0 bridgehead atoms. The van der Waals surface area contributed by atoms with Crippen LogP contribution in [-0.4, -0.2) is 21.0 Å². The van der Waals surface area contributed by atoms with Gasteiger partial charge in [-0.15, -0.1) is 0 Å². The van der Waals surface area contributed by atoms with Crippen molar-refractivity contribution in [3.63, 3.8) is 0 Å².